The number of carbonyl (C=O) groups is 1. The maximum absolute atomic E-state index is 9.08. The summed E-state index contributed by atoms with van der Waals surface area (Å²) in [4.78, 5) is 9.00. The zero-order valence-corrected chi connectivity index (χ0v) is 8.12. The summed E-state index contributed by atoms with van der Waals surface area (Å²) in [6.45, 7) is 1.08. The molecule has 1 aliphatic rings. The average Bonchev–Trinajstić information content (AvgIpc) is 1.95. The fourth-order valence-corrected chi connectivity index (χ4v) is 1.17. The summed E-state index contributed by atoms with van der Waals surface area (Å²) in [5.74, 6) is -0.227. The Hall–Kier alpha value is -0.990. The first kappa shape index (κ1) is 12.0. The molecule has 0 aliphatic heterocycles. The number of carboxylic acids is 1. The Labute approximate surface area is 79.1 Å². The van der Waals surface area contributed by atoms with Crippen molar-refractivity contribution in [2.24, 2.45) is 0 Å². The van der Waals surface area contributed by atoms with Gasteiger partial charge in [-0.2, -0.15) is 0 Å². The summed E-state index contributed by atoms with van der Waals surface area (Å²) < 4.78 is 0. The van der Waals surface area contributed by atoms with Crippen LogP contribution in [0.5, 0.6) is 0 Å². The van der Waals surface area contributed by atoms with Gasteiger partial charge < -0.3 is 10.2 Å². The minimum absolute atomic E-state index is 0.606. The summed E-state index contributed by atoms with van der Waals surface area (Å²) in [5, 5.41) is 16.5. The zero-order chi connectivity index (χ0) is 10.1. The van der Waals surface area contributed by atoms with Crippen molar-refractivity contribution in [2.45, 2.75) is 45.4 Å². The molecule has 0 unspecified atom stereocenters. The van der Waals surface area contributed by atoms with Crippen LogP contribution < -0.4 is 0 Å². The van der Waals surface area contributed by atoms with E-state index in [0.29, 0.717) is 5.76 Å². The van der Waals surface area contributed by atoms with Crippen molar-refractivity contribution in [2.75, 3.05) is 0 Å². The Morgan fingerprint density at radius 3 is 2.46 bits per heavy atom. The van der Waals surface area contributed by atoms with Gasteiger partial charge in [0, 0.05) is 13.3 Å². The number of aliphatic carboxylic acids is 1. The third-order valence-electron chi connectivity index (χ3n) is 1.77. The van der Waals surface area contributed by atoms with Gasteiger partial charge in [-0.15, -0.1) is 0 Å². The number of rotatable bonds is 0. The molecule has 0 spiro atoms. The largest absolute Gasteiger partial charge is 0.513 e. The van der Waals surface area contributed by atoms with Crippen molar-refractivity contribution in [3.8, 4) is 0 Å². The molecule has 1 aliphatic carbocycles. The lowest BCUT2D eigenvalue weighted by molar-refractivity contribution is -0.134. The van der Waals surface area contributed by atoms with Gasteiger partial charge in [0.2, 0.25) is 0 Å². The summed E-state index contributed by atoms with van der Waals surface area (Å²) in [6, 6.07) is 0. The molecule has 0 amide bonds. The minimum atomic E-state index is -0.833. The van der Waals surface area contributed by atoms with E-state index < -0.39 is 5.97 Å². The molecule has 0 aromatic carbocycles. The highest BCUT2D eigenvalue weighted by molar-refractivity contribution is 5.62. The molecule has 0 saturated heterocycles. The van der Waals surface area contributed by atoms with Gasteiger partial charge in [-0.1, -0.05) is 12.8 Å². The number of aliphatic hydroxyl groups excluding tert-OH is 1. The number of hydrogen-bond acceptors (Lipinski definition) is 2. The van der Waals surface area contributed by atoms with Crippen molar-refractivity contribution >= 4 is 5.97 Å². The maximum atomic E-state index is 9.08. The standard InChI is InChI=1S/C8H14O.C2H4O2/c9-8-6-4-2-1-3-5-7-8;1-2(3)4/h6,9H,1-5,7H2;1H3,(H,3,4). The Kier molecular flexibility index (Phi) is 7.07. The first-order chi connectivity index (χ1) is 6.13. The lowest BCUT2D eigenvalue weighted by atomic mass is 10.1. The fraction of sp³-hybridized carbons (Fsp3) is 0.700. The number of allylic oxidation sites excluding steroid dienone is 2. The van der Waals surface area contributed by atoms with Crippen molar-refractivity contribution in [1.82, 2.24) is 0 Å². The Morgan fingerprint density at radius 1 is 1.31 bits per heavy atom. The third-order valence-corrected chi connectivity index (χ3v) is 1.77. The minimum Gasteiger partial charge on any atom is -0.513 e. The predicted molar refractivity (Wildman–Crippen MR) is 51.7 cm³/mol. The van der Waals surface area contributed by atoms with Crippen LogP contribution in [0.1, 0.15) is 45.4 Å². The van der Waals surface area contributed by atoms with Crippen LogP contribution in [0.3, 0.4) is 0 Å². The van der Waals surface area contributed by atoms with Crippen LogP contribution in [0.15, 0.2) is 11.8 Å². The van der Waals surface area contributed by atoms with Crippen LogP contribution in [0.25, 0.3) is 0 Å². The lowest BCUT2D eigenvalue weighted by Crippen LogP contribution is -1.87. The van der Waals surface area contributed by atoms with Gasteiger partial charge in [-0.05, 0) is 25.3 Å². The van der Waals surface area contributed by atoms with Crippen molar-refractivity contribution < 1.29 is 15.0 Å². The van der Waals surface area contributed by atoms with Gasteiger partial charge in [0.05, 0.1) is 5.76 Å². The molecule has 0 heterocycles. The Bertz CT molecular complexity index is 169. The summed E-state index contributed by atoms with van der Waals surface area (Å²) in [5.41, 5.74) is 0. The van der Waals surface area contributed by atoms with Gasteiger partial charge in [-0.3, -0.25) is 4.79 Å². The Morgan fingerprint density at radius 2 is 1.85 bits per heavy atom. The van der Waals surface area contributed by atoms with Crippen LogP contribution in [-0.2, 0) is 4.79 Å². The van der Waals surface area contributed by atoms with E-state index in [-0.39, 0.29) is 0 Å². The number of aliphatic hydroxyl groups is 1. The van der Waals surface area contributed by atoms with Crippen LogP contribution >= 0.6 is 0 Å². The first-order valence-corrected chi connectivity index (χ1v) is 4.70. The predicted octanol–water partition coefficient (Wildman–Crippen LogP) is 2.87. The van der Waals surface area contributed by atoms with E-state index in [1.54, 1.807) is 0 Å². The van der Waals surface area contributed by atoms with E-state index in [0.717, 1.165) is 19.8 Å². The summed E-state index contributed by atoms with van der Waals surface area (Å²) in [6.07, 6.45) is 8.99. The zero-order valence-electron chi connectivity index (χ0n) is 8.12. The number of carboxylic acid groups (broad SMARTS) is 1. The SMILES string of the molecule is CC(=O)O.OC1=CCCCCCC1. The molecule has 0 saturated carbocycles. The molecule has 2 N–H and O–H groups in total. The monoisotopic (exact) mass is 186 g/mol. The molecule has 0 aromatic heterocycles. The topological polar surface area (TPSA) is 57.5 Å². The van der Waals surface area contributed by atoms with Crippen LogP contribution in [0.2, 0.25) is 0 Å². The molecule has 0 aromatic rings. The van der Waals surface area contributed by atoms with E-state index in [4.69, 9.17) is 15.0 Å². The quantitative estimate of drug-likeness (QED) is 0.611. The van der Waals surface area contributed by atoms with E-state index in [9.17, 15) is 0 Å². The highest BCUT2D eigenvalue weighted by Crippen LogP contribution is 2.14. The van der Waals surface area contributed by atoms with Crippen molar-refractivity contribution in [1.29, 1.82) is 0 Å². The van der Waals surface area contributed by atoms with E-state index in [1.165, 1.54) is 25.7 Å². The van der Waals surface area contributed by atoms with Crippen LogP contribution in [0, 0.1) is 0 Å². The smallest absolute Gasteiger partial charge is 0.300 e. The molecule has 0 radical (unpaired) electrons. The molecule has 0 bridgehead atoms. The van der Waals surface area contributed by atoms with E-state index >= 15 is 0 Å². The van der Waals surface area contributed by atoms with Crippen LogP contribution in [0.4, 0.5) is 0 Å². The molecule has 1 rings (SSSR count). The molecule has 13 heavy (non-hydrogen) atoms. The third kappa shape index (κ3) is 11.0. The molecular formula is C10H18O3. The van der Waals surface area contributed by atoms with Gasteiger partial charge >= 0.3 is 0 Å². The first-order valence-electron chi connectivity index (χ1n) is 4.70. The second kappa shape index (κ2) is 7.65. The molecule has 76 valence electrons. The summed E-state index contributed by atoms with van der Waals surface area (Å²) >= 11 is 0. The van der Waals surface area contributed by atoms with Gasteiger partial charge in [0.15, 0.2) is 0 Å². The van der Waals surface area contributed by atoms with E-state index in [1.807, 2.05) is 6.08 Å². The average molecular weight is 186 g/mol. The molecule has 3 nitrogen and oxygen atoms in total. The maximum Gasteiger partial charge on any atom is 0.300 e. The normalized spacial score (nSPS) is 17.2. The van der Waals surface area contributed by atoms with Crippen LogP contribution in [-0.4, -0.2) is 16.2 Å². The number of hydrogen-bond donors (Lipinski definition) is 2. The van der Waals surface area contributed by atoms with E-state index in [2.05, 4.69) is 0 Å². The molecule has 0 atom stereocenters. The molecular weight excluding hydrogens is 168 g/mol. The highest BCUT2D eigenvalue weighted by atomic mass is 16.4. The highest BCUT2D eigenvalue weighted by Gasteiger charge is 1.97. The second-order valence-electron chi connectivity index (χ2n) is 3.17. The fourth-order valence-electron chi connectivity index (χ4n) is 1.17. The molecule has 0 fully saturated rings. The van der Waals surface area contributed by atoms with Crippen molar-refractivity contribution in [3.05, 3.63) is 11.8 Å². The van der Waals surface area contributed by atoms with Gasteiger partial charge in [0.25, 0.3) is 5.97 Å². The Balaban J connectivity index is 0.000000310. The van der Waals surface area contributed by atoms with Gasteiger partial charge in [-0.25, -0.2) is 0 Å². The summed E-state index contributed by atoms with van der Waals surface area (Å²) in [7, 11) is 0. The molecule has 3 heteroatoms. The van der Waals surface area contributed by atoms with Gasteiger partial charge in [0.1, 0.15) is 0 Å². The lowest BCUT2D eigenvalue weighted by Gasteiger charge is -2.04. The second-order valence-corrected chi connectivity index (χ2v) is 3.17. The van der Waals surface area contributed by atoms with Crippen molar-refractivity contribution in [3.63, 3.8) is 0 Å².